The molecule has 3 rings (SSSR count). The number of nitrogens with one attached hydrogen (secondary N) is 2. The predicted molar refractivity (Wildman–Crippen MR) is 88.1 cm³/mol. The van der Waals surface area contributed by atoms with Crippen molar-refractivity contribution in [3.05, 3.63) is 69.6 Å². The molecule has 0 saturated heterocycles. The average Bonchev–Trinajstić information content (AvgIpc) is 2.89. The van der Waals surface area contributed by atoms with Crippen LogP contribution in [0.5, 0.6) is 0 Å². The third kappa shape index (κ3) is 3.08. The van der Waals surface area contributed by atoms with Crippen LogP contribution in [0, 0.1) is 11.6 Å². The minimum atomic E-state index is -0.801. The van der Waals surface area contributed by atoms with Crippen molar-refractivity contribution in [2.75, 3.05) is 0 Å². The van der Waals surface area contributed by atoms with Gasteiger partial charge in [0.05, 0.1) is 10.6 Å². The summed E-state index contributed by atoms with van der Waals surface area (Å²) in [4.78, 5) is 24.1. The minimum Gasteiger partial charge on any atom is -0.267 e. The third-order valence-electron chi connectivity index (χ3n) is 3.21. The van der Waals surface area contributed by atoms with E-state index in [2.05, 4.69) is 10.9 Å². The quantitative estimate of drug-likeness (QED) is 0.676. The molecule has 0 radical (unpaired) electrons. The average molecular weight is 367 g/mol. The van der Waals surface area contributed by atoms with Crippen molar-refractivity contribution in [2.45, 2.75) is 0 Å². The molecule has 1 aromatic heterocycles. The molecule has 8 heteroatoms. The second-order valence-corrected chi connectivity index (χ2v) is 6.20. The fourth-order valence-corrected chi connectivity index (χ4v) is 3.51. The van der Waals surface area contributed by atoms with Crippen LogP contribution < -0.4 is 10.9 Å². The van der Waals surface area contributed by atoms with Gasteiger partial charge in [0.25, 0.3) is 11.8 Å². The summed E-state index contributed by atoms with van der Waals surface area (Å²) in [5.74, 6) is -2.63. The third-order valence-corrected chi connectivity index (χ3v) is 4.86. The highest BCUT2D eigenvalue weighted by molar-refractivity contribution is 7.21. The van der Waals surface area contributed by atoms with Gasteiger partial charge in [-0.2, -0.15) is 0 Å². The van der Waals surface area contributed by atoms with Gasteiger partial charge in [-0.3, -0.25) is 20.4 Å². The molecule has 0 aliphatic rings. The summed E-state index contributed by atoms with van der Waals surface area (Å²) in [6, 6.07) is 9.33. The van der Waals surface area contributed by atoms with E-state index in [0.717, 1.165) is 17.4 Å². The van der Waals surface area contributed by atoms with Gasteiger partial charge >= 0.3 is 0 Å². The first-order valence-corrected chi connectivity index (χ1v) is 7.89. The maximum atomic E-state index is 13.5. The monoisotopic (exact) mass is 366 g/mol. The Kier molecular flexibility index (Phi) is 4.46. The van der Waals surface area contributed by atoms with Crippen LogP contribution >= 0.6 is 22.9 Å². The van der Waals surface area contributed by atoms with Gasteiger partial charge in [0.2, 0.25) is 0 Å². The number of carbonyl (C=O) groups is 2. The number of halogens is 3. The lowest BCUT2D eigenvalue weighted by atomic mass is 10.2. The lowest BCUT2D eigenvalue weighted by Crippen LogP contribution is -2.41. The molecular formula is C16H9ClF2N2O2S. The highest BCUT2D eigenvalue weighted by Gasteiger charge is 2.19. The maximum Gasteiger partial charge on any atom is 0.281 e. The molecule has 0 aliphatic carbocycles. The molecule has 2 aromatic carbocycles. The van der Waals surface area contributed by atoms with E-state index < -0.39 is 23.4 Å². The van der Waals surface area contributed by atoms with Crippen LogP contribution in [-0.4, -0.2) is 11.8 Å². The number of rotatable bonds is 2. The Labute approximate surface area is 144 Å². The van der Waals surface area contributed by atoms with Gasteiger partial charge in [0.1, 0.15) is 16.5 Å². The van der Waals surface area contributed by atoms with E-state index in [1.807, 2.05) is 0 Å². The van der Waals surface area contributed by atoms with Crippen LogP contribution in [0.25, 0.3) is 10.1 Å². The zero-order chi connectivity index (χ0) is 17.3. The highest BCUT2D eigenvalue weighted by atomic mass is 35.5. The first kappa shape index (κ1) is 16.4. The van der Waals surface area contributed by atoms with Crippen LogP contribution in [0.4, 0.5) is 8.78 Å². The van der Waals surface area contributed by atoms with Crippen LogP contribution in [0.1, 0.15) is 20.0 Å². The van der Waals surface area contributed by atoms with Crippen molar-refractivity contribution >= 4 is 44.8 Å². The molecule has 122 valence electrons. The number of carbonyl (C=O) groups excluding carboxylic acids is 2. The van der Waals surface area contributed by atoms with Gasteiger partial charge in [0, 0.05) is 10.1 Å². The number of thiophene rings is 1. The molecule has 0 aliphatic heterocycles. The van der Waals surface area contributed by atoms with E-state index in [-0.39, 0.29) is 15.5 Å². The molecule has 0 fully saturated rings. The second kappa shape index (κ2) is 6.54. The summed E-state index contributed by atoms with van der Waals surface area (Å²) >= 11 is 7.10. The lowest BCUT2D eigenvalue weighted by Gasteiger charge is -2.07. The first-order valence-electron chi connectivity index (χ1n) is 6.70. The number of hydrogen-bond acceptors (Lipinski definition) is 3. The Morgan fingerprint density at radius 2 is 1.71 bits per heavy atom. The largest absolute Gasteiger partial charge is 0.281 e. The normalized spacial score (nSPS) is 10.6. The molecule has 24 heavy (non-hydrogen) atoms. The van der Waals surface area contributed by atoms with Gasteiger partial charge in [-0.05, 0) is 30.3 Å². The van der Waals surface area contributed by atoms with Gasteiger partial charge in [-0.25, -0.2) is 8.78 Å². The fraction of sp³-hybridized carbons (Fsp3) is 0. The van der Waals surface area contributed by atoms with Gasteiger partial charge in [0.15, 0.2) is 0 Å². The summed E-state index contributed by atoms with van der Waals surface area (Å²) < 4.78 is 27.2. The first-order chi connectivity index (χ1) is 11.5. The number of hydrogen-bond donors (Lipinski definition) is 2. The maximum absolute atomic E-state index is 13.5. The van der Waals surface area contributed by atoms with Gasteiger partial charge in [-0.1, -0.05) is 23.7 Å². The Morgan fingerprint density at radius 3 is 2.46 bits per heavy atom. The minimum absolute atomic E-state index is 0.117. The SMILES string of the molecule is O=C(NNC(=O)c1sc2cc(F)ccc2c1Cl)c1ccccc1F. The second-order valence-electron chi connectivity index (χ2n) is 4.77. The van der Waals surface area contributed by atoms with E-state index in [1.54, 1.807) is 0 Å². The number of benzene rings is 2. The summed E-state index contributed by atoms with van der Waals surface area (Å²) in [5, 5.41) is 0.696. The topological polar surface area (TPSA) is 58.2 Å². The van der Waals surface area contributed by atoms with Gasteiger partial charge < -0.3 is 0 Å². The van der Waals surface area contributed by atoms with E-state index in [9.17, 15) is 18.4 Å². The summed E-state index contributed by atoms with van der Waals surface area (Å²) in [7, 11) is 0. The van der Waals surface area contributed by atoms with Crippen LogP contribution in [0.2, 0.25) is 5.02 Å². The standard InChI is InChI=1S/C16H9ClF2N2O2S/c17-13-10-6-5-8(18)7-12(10)24-14(13)16(23)21-20-15(22)9-3-1-2-4-11(9)19/h1-7H,(H,20,22)(H,21,23). The number of amides is 2. The summed E-state index contributed by atoms with van der Waals surface area (Å²) in [6.45, 7) is 0. The van der Waals surface area contributed by atoms with Crippen molar-refractivity contribution in [2.24, 2.45) is 0 Å². The molecule has 1 heterocycles. The molecular weight excluding hydrogens is 358 g/mol. The molecule has 0 spiro atoms. The number of hydrazine groups is 1. The molecule has 0 saturated carbocycles. The van der Waals surface area contributed by atoms with Crippen LogP contribution in [-0.2, 0) is 0 Å². The Bertz CT molecular complexity index is 958. The Hall–Kier alpha value is -2.51. The summed E-state index contributed by atoms with van der Waals surface area (Å²) in [6.07, 6.45) is 0. The van der Waals surface area contributed by atoms with Crippen molar-refractivity contribution in [3.63, 3.8) is 0 Å². The fourth-order valence-electron chi connectivity index (χ4n) is 2.07. The van der Waals surface area contributed by atoms with Crippen molar-refractivity contribution in [1.82, 2.24) is 10.9 Å². The Morgan fingerprint density at radius 1 is 1.00 bits per heavy atom. The molecule has 0 bridgehead atoms. The predicted octanol–water partition coefficient (Wildman–Crippen LogP) is 3.91. The van der Waals surface area contributed by atoms with Crippen molar-refractivity contribution < 1.29 is 18.4 Å². The summed E-state index contributed by atoms with van der Waals surface area (Å²) in [5.41, 5.74) is 4.08. The van der Waals surface area contributed by atoms with E-state index in [1.165, 1.54) is 36.4 Å². The zero-order valence-electron chi connectivity index (χ0n) is 11.9. The highest BCUT2D eigenvalue weighted by Crippen LogP contribution is 2.35. The molecule has 4 nitrogen and oxygen atoms in total. The smallest absolute Gasteiger partial charge is 0.267 e. The van der Waals surface area contributed by atoms with Gasteiger partial charge in [-0.15, -0.1) is 11.3 Å². The van der Waals surface area contributed by atoms with Crippen molar-refractivity contribution in [3.8, 4) is 0 Å². The molecule has 0 atom stereocenters. The van der Waals surface area contributed by atoms with Crippen LogP contribution in [0.15, 0.2) is 42.5 Å². The Balaban J connectivity index is 1.77. The van der Waals surface area contributed by atoms with E-state index in [4.69, 9.17) is 11.6 Å². The van der Waals surface area contributed by atoms with E-state index in [0.29, 0.717) is 10.1 Å². The molecule has 2 amide bonds. The molecule has 0 unspecified atom stereocenters. The molecule has 2 N–H and O–H groups in total. The van der Waals surface area contributed by atoms with Crippen molar-refractivity contribution in [1.29, 1.82) is 0 Å². The van der Waals surface area contributed by atoms with E-state index >= 15 is 0 Å². The van der Waals surface area contributed by atoms with Crippen LogP contribution in [0.3, 0.4) is 0 Å². The number of fused-ring (bicyclic) bond motifs is 1. The molecule has 3 aromatic rings. The lowest BCUT2D eigenvalue weighted by molar-refractivity contribution is 0.0846. The zero-order valence-corrected chi connectivity index (χ0v) is 13.5.